The molecule has 0 bridgehead atoms. The number of amidine groups is 1. The summed E-state index contributed by atoms with van der Waals surface area (Å²) < 4.78 is 0. The Morgan fingerprint density at radius 2 is 1.85 bits per heavy atom. The Kier molecular flexibility index (Phi) is 9.39. The number of thioether (sulfide) groups is 1. The van der Waals surface area contributed by atoms with Crippen LogP contribution in [0.4, 0.5) is 11.4 Å². The molecule has 33 heavy (non-hydrogen) atoms. The molecule has 1 heterocycles. The maximum absolute atomic E-state index is 13.1. The van der Waals surface area contributed by atoms with Gasteiger partial charge in [-0.2, -0.15) is 0 Å². The Morgan fingerprint density at radius 1 is 1.12 bits per heavy atom. The topological polar surface area (TPSA) is 61.8 Å². The van der Waals surface area contributed by atoms with Crippen LogP contribution in [0.3, 0.4) is 0 Å². The van der Waals surface area contributed by atoms with E-state index in [0.29, 0.717) is 22.4 Å². The van der Waals surface area contributed by atoms with Crippen LogP contribution in [0.5, 0.6) is 0 Å². The van der Waals surface area contributed by atoms with E-state index < -0.39 is 5.25 Å². The summed E-state index contributed by atoms with van der Waals surface area (Å²) >= 11 is 7.37. The Morgan fingerprint density at radius 3 is 2.55 bits per heavy atom. The largest absolute Gasteiger partial charge is 0.325 e. The summed E-state index contributed by atoms with van der Waals surface area (Å²) in [4.78, 5) is 32.6. The number of nitrogens with zero attached hydrogens (tertiary/aromatic N) is 2. The van der Waals surface area contributed by atoms with E-state index in [1.165, 1.54) is 24.6 Å². The second kappa shape index (κ2) is 12.2. The fourth-order valence-electron chi connectivity index (χ4n) is 3.73. The number of halogens is 1. The van der Waals surface area contributed by atoms with E-state index in [1.54, 1.807) is 17.0 Å². The van der Waals surface area contributed by atoms with Crippen molar-refractivity contribution in [1.29, 1.82) is 0 Å². The van der Waals surface area contributed by atoms with E-state index in [9.17, 15) is 9.59 Å². The van der Waals surface area contributed by atoms with Crippen molar-refractivity contribution >= 4 is 51.7 Å². The van der Waals surface area contributed by atoms with Crippen molar-refractivity contribution in [3.05, 3.63) is 58.6 Å². The van der Waals surface area contributed by atoms with E-state index in [2.05, 4.69) is 12.2 Å². The Balaban J connectivity index is 1.76. The SMILES string of the molecule is CCCCCCCN1C(=O)CC(C(=O)Nc2ccc(C)cc2C)SC1=Nc1ccc(Cl)cc1. The molecule has 1 unspecified atom stereocenters. The van der Waals surface area contributed by atoms with Crippen molar-refractivity contribution in [2.24, 2.45) is 4.99 Å². The van der Waals surface area contributed by atoms with Crippen LogP contribution in [0.25, 0.3) is 0 Å². The number of hydrogen-bond acceptors (Lipinski definition) is 4. The van der Waals surface area contributed by atoms with Gasteiger partial charge in [-0.15, -0.1) is 0 Å². The molecule has 3 rings (SSSR count). The van der Waals surface area contributed by atoms with Crippen molar-refractivity contribution < 1.29 is 9.59 Å². The summed E-state index contributed by atoms with van der Waals surface area (Å²) in [7, 11) is 0. The number of carbonyl (C=O) groups is 2. The summed E-state index contributed by atoms with van der Waals surface area (Å²) in [5, 5.41) is 3.67. The molecule has 2 aromatic rings. The number of rotatable bonds is 9. The molecule has 1 N–H and O–H groups in total. The lowest BCUT2D eigenvalue weighted by Gasteiger charge is -2.32. The maximum atomic E-state index is 13.1. The lowest BCUT2D eigenvalue weighted by atomic mass is 10.1. The molecule has 2 amide bonds. The molecule has 0 spiro atoms. The fourth-order valence-corrected chi connectivity index (χ4v) is 4.98. The predicted octanol–water partition coefficient (Wildman–Crippen LogP) is 6.89. The quantitative estimate of drug-likeness (QED) is 0.393. The highest BCUT2D eigenvalue weighted by Crippen LogP contribution is 2.31. The zero-order chi connectivity index (χ0) is 23.8. The molecule has 1 aliphatic rings. The van der Waals surface area contributed by atoms with E-state index in [-0.39, 0.29) is 18.2 Å². The van der Waals surface area contributed by atoms with Crippen LogP contribution in [0.15, 0.2) is 47.5 Å². The molecule has 2 aromatic carbocycles. The Labute approximate surface area is 206 Å². The monoisotopic (exact) mass is 485 g/mol. The highest BCUT2D eigenvalue weighted by atomic mass is 35.5. The van der Waals surface area contributed by atoms with Crippen LogP contribution >= 0.6 is 23.4 Å². The number of aliphatic imine (C=N–C) groups is 1. The van der Waals surface area contributed by atoms with Crippen molar-refractivity contribution in [3.8, 4) is 0 Å². The summed E-state index contributed by atoms with van der Waals surface area (Å²) in [6, 6.07) is 13.1. The molecule has 0 radical (unpaired) electrons. The molecule has 1 saturated heterocycles. The number of anilines is 1. The number of carbonyl (C=O) groups excluding carboxylic acids is 2. The van der Waals surface area contributed by atoms with Crippen LogP contribution in [0, 0.1) is 13.8 Å². The molecule has 1 aliphatic heterocycles. The summed E-state index contributed by atoms with van der Waals surface area (Å²) in [6.07, 6.45) is 5.71. The first kappa shape index (κ1) is 25.3. The standard InChI is InChI=1S/C26H32ClN3O2S/c1-4-5-6-7-8-15-30-24(31)17-23(25(32)29-22-14-9-18(2)16-19(22)3)33-26(30)28-21-12-10-20(27)11-13-21/h9-14,16,23H,4-8,15,17H2,1-3H3,(H,29,32). The lowest BCUT2D eigenvalue weighted by Crippen LogP contribution is -2.45. The third-order valence-corrected chi connectivity index (χ3v) is 7.05. The number of nitrogens with one attached hydrogen (secondary N) is 1. The van der Waals surface area contributed by atoms with Gasteiger partial charge in [-0.25, -0.2) is 4.99 Å². The van der Waals surface area contributed by atoms with Crippen molar-refractivity contribution in [2.75, 3.05) is 11.9 Å². The first-order chi connectivity index (χ1) is 15.9. The van der Waals surface area contributed by atoms with Crippen LogP contribution in [0.1, 0.15) is 56.6 Å². The van der Waals surface area contributed by atoms with Gasteiger partial charge in [-0.05, 0) is 56.2 Å². The first-order valence-corrected chi connectivity index (χ1v) is 12.8. The van der Waals surface area contributed by atoms with E-state index >= 15 is 0 Å². The van der Waals surface area contributed by atoms with Crippen LogP contribution in [0.2, 0.25) is 5.02 Å². The Bertz CT molecular complexity index is 1010. The molecule has 1 fully saturated rings. The van der Waals surface area contributed by atoms with E-state index in [1.807, 2.05) is 44.2 Å². The number of amides is 2. The van der Waals surface area contributed by atoms with E-state index in [0.717, 1.165) is 36.1 Å². The van der Waals surface area contributed by atoms with Crippen LogP contribution in [-0.4, -0.2) is 33.7 Å². The molecule has 176 valence electrons. The van der Waals surface area contributed by atoms with Gasteiger partial charge in [-0.1, -0.05) is 73.7 Å². The van der Waals surface area contributed by atoms with Crippen LogP contribution < -0.4 is 5.32 Å². The first-order valence-electron chi connectivity index (χ1n) is 11.6. The third kappa shape index (κ3) is 7.34. The normalized spacial score (nSPS) is 17.5. The third-order valence-electron chi connectivity index (χ3n) is 5.61. The van der Waals surface area contributed by atoms with Gasteiger partial charge >= 0.3 is 0 Å². The zero-order valence-corrected chi connectivity index (χ0v) is 21.1. The minimum absolute atomic E-state index is 0.0577. The lowest BCUT2D eigenvalue weighted by molar-refractivity contribution is -0.129. The fraction of sp³-hybridized carbons (Fsp3) is 0.423. The summed E-state index contributed by atoms with van der Waals surface area (Å²) in [6.45, 7) is 6.79. The predicted molar refractivity (Wildman–Crippen MR) is 140 cm³/mol. The second-order valence-corrected chi connectivity index (χ2v) is 10.1. The van der Waals surface area contributed by atoms with Gasteiger partial charge in [0.05, 0.1) is 5.69 Å². The van der Waals surface area contributed by atoms with Gasteiger partial charge in [0.2, 0.25) is 11.8 Å². The van der Waals surface area contributed by atoms with Gasteiger partial charge in [0.15, 0.2) is 5.17 Å². The molecule has 1 atom stereocenters. The van der Waals surface area contributed by atoms with Gasteiger partial charge in [-0.3, -0.25) is 14.5 Å². The van der Waals surface area contributed by atoms with Gasteiger partial charge in [0, 0.05) is 23.7 Å². The Hall–Kier alpha value is -2.31. The summed E-state index contributed by atoms with van der Waals surface area (Å²) in [5.41, 5.74) is 3.62. The second-order valence-electron chi connectivity index (χ2n) is 8.45. The molecular formula is C26H32ClN3O2S. The molecule has 5 nitrogen and oxygen atoms in total. The minimum atomic E-state index is -0.527. The number of benzene rings is 2. The van der Waals surface area contributed by atoms with Crippen molar-refractivity contribution in [2.45, 2.75) is 64.5 Å². The summed E-state index contributed by atoms with van der Waals surface area (Å²) in [5.74, 6) is -0.232. The molecular weight excluding hydrogens is 454 g/mol. The highest BCUT2D eigenvalue weighted by Gasteiger charge is 2.35. The van der Waals surface area contributed by atoms with E-state index in [4.69, 9.17) is 16.6 Å². The van der Waals surface area contributed by atoms with Crippen molar-refractivity contribution in [1.82, 2.24) is 4.90 Å². The van der Waals surface area contributed by atoms with Crippen LogP contribution in [-0.2, 0) is 9.59 Å². The molecule has 7 heteroatoms. The minimum Gasteiger partial charge on any atom is -0.325 e. The maximum Gasteiger partial charge on any atom is 0.238 e. The molecule has 0 saturated carbocycles. The smallest absolute Gasteiger partial charge is 0.238 e. The van der Waals surface area contributed by atoms with Crippen molar-refractivity contribution in [3.63, 3.8) is 0 Å². The van der Waals surface area contributed by atoms with Gasteiger partial charge in [0.25, 0.3) is 0 Å². The zero-order valence-electron chi connectivity index (χ0n) is 19.6. The number of hydrogen-bond donors (Lipinski definition) is 1. The number of aryl methyl sites for hydroxylation is 2. The molecule has 0 aromatic heterocycles. The number of unbranched alkanes of at least 4 members (excludes halogenated alkanes) is 4. The van der Waals surface area contributed by atoms with Gasteiger partial charge in [0.1, 0.15) is 5.25 Å². The van der Waals surface area contributed by atoms with Gasteiger partial charge < -0.3 is 5.32 Å². The average Bonchev–Trinajstić information content (AvgIpc) is 2.78. The average molecular weight is 486 g/mol. The molecule has 0 aliphatic carbocycles. The highest BCUT2D eigenvalue weighted by molar-refractivity contribution is 8.15.